The van der Waals surface area contributed by atoms with Gasteiger partial charge in [0, 0.05) is 0 Å². The van der Waals surface area contributed by atoms with Crippen LogP contribution in [0.2, 0.25) is 0 Å². The zero-order valence-corrected chi connectivity index (χ0v) is 21.0. The molecule has 0 amide bonds. The molecule has 0 aromatic rings. The highest BCUT2D eigenvalue weighted by Crippen LogP contribution is 2.15. The van der Waals surface area contributed by atoms with E-state index in [1.807, 2.05) is 0 Å². The van der Waals surface area contributed by atoms with Crippen LogP contribution in [-0.4, -0.2) is 34.4 Å². The lowest BCUT2D eigenvalue weighted by atomic mass is 10.0. The van der Waals surface area contributed by atoms with Crippen LogP contribution >= 0.6 is 0 Å². The van der Waals surface area contributed by atoms with Crippen LogP contribution in [0.1, 0.15) is 155 Å². The van der Waals surface area contributed by atoms with Gasteiger partial charge in [0.15, 0.2) is 0 Å². The largest absolute Gasteiger partial charge is 0.343 e. The Kier molecular flexibility index (Phi) is 24.4. The Morgan fingerprint density at radius 2 is 0.677 bits per heavy atom. The Morgan fingerprint density at radius 3 is 0.935 bits per heavy atom. The molecule has 0 aromatic heterocycles. The predicted molar refractivity (Wildman–Crippen MR) is 134 cm³/mol. The van der Waals surface area contributed by atoms with E-state index in [4.69, 9.17) is 15.3 Å². The molecule has 0 aromatic carbocycles. The number of aliphatic hydroxyl groups is 3. The first-order valence-electron chi connectivity index (χ1n) is 13.9. The van der Waals surface area contributed by atoms with Crippen molar-refractivity contribution in [3.63, 3.8) is 0 Å². The highest BCUT2D eigenvalue weighted by molar-refractivity contribution is 4.55. The van der Waals surface area contributed by atoms with Crippen molar-refractivity contribution >= 4 is 0 Å². The fourth-order valence-corrected chi connectivity index (χ4v) is 4.29. The summed E-state index contributed by atoms with van der Waals surface area (Å²) in [4.78, 5) is 0. The third kappa shape index (κ3) is 29.8. The average molecular weight is 444 g/mol. The predicted octanol–water partition coefficient (Wildman–Crippen LogP) is 7.20. The molecule has 0 rings (SSSR count). The number of nitrogens with one attached hydrogen (secondary N) is 1. The fourth-order valence-electron chi connectivity index (χ4n) is 4.29. The highest BCUT2D eigenvalue weighted by Gasteiger charge is 2.16. The summed E-state index contributed by atoms with van der Waals surface area (Å²) in [6.07, 6.45) is 31.9. The first kappa shape index (κ1) is 30.8. The zero-order valence-electron chi connectivity index (χ0n) is 21.0. The Balaban J connectivity index is 3.02. The Bertz CT molecular complexity index is 331. The maximum atomic E-state index is 8.75. The van der Waals surface area contributed by atoms with Crippen molar-refractivity contribution in [1.29, 1.82) is 0 Å². The average Bonchev–Trinajstić information content (AvgIpc) is 2.73. The van der Waals surface area contributed by atoms with Crippen LogP contribution in [0.5, 0.6) is 0 Å². The van der Waals surface area contributed by atoms with E-state index in [-0.39, 0.29) is 6.54 Å². The lowest BCUT2D eigenvalue weighted by Gasteiger charge is -2.14. The van der Waals surface area contributed by atoms with Gasteiger partial charge in [-0.15, -0.1) is 0 Å². The van der Waals surface area contributed by atoms with Crippen LogP contribution in [0.25, 0.3) is 0 Å². The van der Waals surface area contributed by atoms with Crippen LogP contribution in [0.3, 0.4) is 0 Å². The van der Waals surface area contributed by atoms with Crippen molar-refractivity contribution in [3.05, 3.63) is 0 Å². The molecular formula is C27H57NO3. The summed E-state index contributed by atoms with van der Waals surface area (Å²) >= 11 is 0. The van der Waals surface area contributed by atoms with Gasteiger partial charge in [0.05, 0.1) is 6.54 Å². The number of hydrogen-bond acceptors (Lipinski definition) is 4. The van der Waals surface area contributed by atoms with Crippen molar-refractivity contribution in [3.8, 4) is 0 Å². The molecule has 0 aliphatic carbocycles. The molecule has 188 valence electrons. The SMILES string of the molecule is CCCCCCCCCCCCCCCCCCCCCCCCCNCC(O)(O)O. The second-order valence-corrected chi connectivity index (χ2v) is 9.73. The van der Waals surface area contributed by atoms with Gasteiger partial charge in [-0.05, 0) is 13.0 Å². The molecule has 4 N–H and O–H groups in total. The van der Waals surface area contributed by atoms with E-state index in [1.165, 1.54) is 141 Å². The van der Waals surface area contributed by atoms with Gasteiger partial charge in [0.1, 0.15) is 0 Å². The number of unbranched alkanes of at least 4 members (excludes halogenated alkanes) is 22. The van der Waals surface area contributed by atoms with Gasteiger partial charge in [0.25, 0.3) is 5.97 Å². The molecule has 0 radical (unpaired) electrons. The van der Waals surface area contributed by atoms with Gasteiger partial charge in [-0.1, -0.05) is 148 Å². The standard InChI is InChI=1S/C27H57NO3/c1-2-3-4-5-6-7-8-9-10-11-12-13-14-15-16-17-18-19-20-21-22-23-24-25-28-26-27(29,30)31/h28-31H,2-26H2,1H3. The summed E-state index contributed by atoms with van der Waals surface area (Å²) in [5.41, 5.74) is 0. The molecule has 0 unspecified atom stereocenters. The van der Waals surface area contributed by atoms with E-state index in [0.29, 0.717) is 0 Å². The van der Waals surface area contributed by atoms with Gasteiger partial charge < -0.3 is 20.6 Å². The van der Waals surface area contributed by atoms with Crippen LogP contribution in [0, 0.1) is 0 Å². The molecule has 0 saturated heterocycles. The molecule has 4 nitrogen and oxygen atoms in total. The molecule has 0 atom stereocenters. The summed E-state index contributed by atoms with van der Waals surface area (Å²) in [6, 6.07) is 0. The molecular weight excluding hydrogens is 386 g/mol. The second-order valence-electron chi connectivity index (χ2n) is 9.73. The molecule has 0 fully saturated rings. The van der Waals surface area contributed by atoms with E-state index < -0.39 is 5.97 Å². The first-order chi connectivity index (χ1) is 15.1. The molecule has 0 saturated carbocycles. The molecule has 0 heterocycles. The van der Waals surface area contributed by atoms with E-state index in [2.05, 4.69) is 12.2 Å². The smallest absolute Gasteiger partial charge is 0.288 e. The maximum absolute atomic E-state index is 8.75. The zero-order chi connectivity index (χ0) is 22.9. The maximum Gasteiger partial charge on any atom is 0.288 e. The minimum absolute atomic E-state index is 0.188. The minimum atomic E-state index is -2.58. The molecule has 0 aliphatic heterocycles. The van der Waals surface area contributed by atoms with Crippen LogP contribution in [0.15, 0.2) is 0 Å². The second kappa shape index (κ2) is 24.5. The van der Waals surface area contributed by atoms with Gasteiger partial charge in [-0.2, -0.15) is 0 Å². The molecule has 0 aliphatic rings. The van der Waals surface area contributed by atoms with Crippen LogP contribution < -0.4 is 5.32 Å². The summed E-state index contributed by atoms with van der Waals surface area (Å²) in [7, 11) is 0. The fraction of sp³-hybridized carbons (Fsp3) is 1.00. The molecule has 0 bridgehead atoms. The van der Waals surface area contributed by atoms with Crippen molar-refractivity contribution in [2.24, 2.45) is 0 Å². The summed E-state index contributed by atoms with van der Waals surface area (Å²) < 4.78 is 0. The summed E-state index contributed by atoms with van der Waals surface area (Å²) in [6.45, 7) is 2.83. The molecule has 0 spiro atoms. The third-order valence-corrected chi connectivity index (χ3v) is 6.32. The Morgan fingerprint density at radius 1 is 0.419 bits per heavy atom. The monoisotopic (exact) mass is 443 g/mol. The summed E-state index contributed by atoms with van der Waals surface area (Å²) in [5.74, 6) is -2.58. The van der Waals surface area contributed by atoms with Gasteiger partial charge in [-0.25, -0.2) is 0 Å². The lowest BCUT2D eigenvalue weighted by molar-refractivity contribution is -0.306. The van der Waals surface area contributed by atoms with Crippen LogP contribution in [-0.2, 0) is 0 Å². The van der Waals surface area contributed by atoms with E-state index >= 15 is 0 Å². The van der Waals surface area contributed by atoms with Crippen molar-refractivity contribution in [1.82, 2.24) is 5.32 Å². The van der Waals surface area contributed by atoms with Gasteiger partial charge in [-0.3, -0.25) is 0 Å². The van der Waals surface area contributed by atoms with E-state index in [9.17, 15) is 0 Å². The minimum Gasteiger partial charge on any atom is -0.343 e. The highest BCUT2D eigenvalue weighted by atomic mass is 16.7. The van der Waals surface area contributed by atoms with Crippen molar-refractivity contribution in [2.75, 3.05) is 13.1 Å². The van der Waals surface area contributed by atoms with Gasteiger partial charge in [0.2, 0.25) is 0 Å². The number of hydrogen-bond donors (Lipinski definition) is 4. The van der Waals surface area contributed by atoms with E-state index in [1.54, 1.807) is 0 Å². The lowest BCUT2D eigenvalue weighted by Crippen LogP contribution is -2.40. The first-order valence-corrected chi connectivity index (χ1v) is 13.9. The van der Waals surface area contributed by atoms with E-state index in [0.717, 1.165) is 13.0 Å². The number of rotatable bonds is 26. The quantitative estimate of drug-likeness (QED) is 0.0842. The van der Waals surface area contributed by atoms with Gasteiger partial charge >= 0.3 is 0 Å². The van der Waals surface area contributed by atoms with Crippen molar-refractivity contribution in [2.45, 2.75) is 161 Å². The van der Waals surface area contributed by atoms with Crippen LogP contribution in [0.4, 0.5) is 0 Å². The topological polar surface area (TPSA) is 72.7 Å². The Hall–Kier alpha value is -0.160. The molecule has 31 heavy (non-hydrogen) atoms. The normalized spacial score (nSPS) is 12.0. The summed E-state index contributed by atoms with van der Waals surface area (Å²) in [5, 5.41) is 29.1. The molecule has 4 heteroatoms. The third-order valence-electron chi connectivity index (χ3n) is 6.32. The van der Waals surface area contributed by atoms with Crippen molar-refractivity contribution < 1.29 is 15.3 Å². The Labute approximate surface area is 194 Å².